The summed E-state index contributed by atoms with van der Waals surface area (Å²) < 4.78 is 19.9. The van der Waals surface area contributed by atoms with Gasteiger partial charge in [-0.3, -0.25) is 10.1 Å². The average molecular weight is 381 g/mol. The Balaban J connectivity index is 1.63. The van der Waals surface area contributed by atoms with Gasteiger partial charge in [0.15, 0.2) is 11.7 Å². The number of rotatable bonds is 4. The SMILES string of the molecule is O=C(COc1ccc(F)cc1)Nc1nc2c(Br)cccc2s1. The molecule has 0 spiro atoms. The molecule has 112 valence electrons. The van der Waals surface area contributed by atoms with Crippen LogP contribution in [0.2, 0.25) is 0 Å². The second kappa shape index (κ2) is 6.41. The number of benzene rings is 2. The lowest BCUT2D eigenvalue weighted by atomic mass is 10.3. The number of carbonyl (C=O) groups excluding carboxylic acids is 1. The van der Waals surface area contributed by atoms with Crippen molar-refractivity contribution in [1.82, 2.24) is 4.98 Å². The molecule has 0 bridgehead atoms. The zero-order valence-electron chi connectivity index (χ0n) is 11.2. The van der Waals surface area contributed by atoms with Gasteiger partial charge in [-0.1, -0.05) is 17.4 Å². The summed E-state index contributed by atoms with van der Waals surface area (Å²) >= 11 is 4.80. The standard InChI is InChI=1S/C15H10BrFN2O2S/c16-11-2-1-3-12-14(11)19-15(22-12)18-13(20)8-21-10-6-4-9(17)5-7-10/h1-7H,8H2,(H,18,19,20). The summed E-state index contributed by atoms with van der Waals surface area (Å²) in [4.78, 5) is 16.2. The number of ether oxygens (including phenoxy) is 1. The number of carbonyl (C=O) groups is 1. The Morgan fingerprint density at radius 1 is 1.27 bits per heavy atom. The van der Waals surface area contributed by atoms with Crippen LogP contribution in [0.4, 0.5) is 9.52 Å². The first kappa shape index (κ1) is 14.9. The van der Waals surface area contributed by atoms with Crippen LogP contribution in [0.3, 0.4) is 0 Å². The maximum absolute atomic E-state index is 12.8. The number of aromatic nitrogens is 1. The van der Waals surface area contributed by atoms with Gasteiger partial charge in [0.2, 0.25) is 0 Å². The minimum atomic E-state index is -0.350. The van der Waals surface area contributed by atoms with Gasteiger partial charge in [-0.2, -0.15) is 0 Å². The van der Waals surface area contributed by atoms with Gasteiger partial charge in [-0.15, -0.1) is 0 Å². The number of halogens is 2. The maximum Gasteiger partial charge on any atom is 0.264 e. The van der Waals surface area contributed by atoms with Crippen LogP contribution < -0.4 is 10.1 Å². The van der Waals surface area contributed by atoms with E-state index in [1.165, 1.54) is 35.6 Å². The van der Waals surface area contributed by atoms with Gasteiger partial charge in [0, 0.05) is 4.47 Å². The second-order valence-electron chi connectivity index (χ2n) is 4.40. The van der Waals surface area contributed by atoms with Gasteiger partial charge in [0.05, 0.1) is 10.2 Å². The van der Waals surface area contributed by atoms with Crippen LogP contribution in [-0.2, 0) is 4.79 Å². The lowest BCUT2D eigenvalue weighted by Crippen LogP contribution is -2.19. The predicted molar refractivity (Wildman–Crippen MR) is 87.8 cm³/mol. The molecule has 0 aliphatic rings. The number of hydrogen-bond donors (Lipinski definition) is 1. The normalized spacial score (nSPS) is 10.6. The highest BCUT2D eigenvalue weighted by molar-refractivity contribution is 9.10. The fraction of sp³-hybridized carbons (Fsp3) is 0.0667. The summed E-state index contributed by atoms with van der Waals surface area (Å²) in [7, 11) is 0. The first-order valence-electron chi connectivity index (χ1n) is 6.35. The molecule has 0 fully saturated rings. The number of nitrogens with zero attached hydrogens (tertiary/aromatic N) is 1. The fourth-order valence-corrected chi connectivity index (χ4v) is 3.30. The third-order valence-electron chi connectivity index (χ3n) is 2.80. The molecule has 0 saturated carbocycles. The molecule has 0 saturated heterocycles. The van der Waals surface area contributed by atoms with Crippen molar-refractivity contribution in [2.45, 2.75) is 0 Å². The van der Waals surface area contributed by atoms with Crippen molar-refractivity contribution in [3.05, 3.63) is 52.8 Å². The number of para-hydroxylation sites is 1. The first-order valence-corrected chi connectivity index (χ1v) is 7.96. The minimum absolute atomic E-state index is 0.164. The van der Waals surface area contributed by atoms with Crippen LogP contribution in [0.1, 0.15) is 0 Å². The summed E-state index contributed by atoms with van der Waals surface area (Å²) in [5.74, 6) is -0.236. The molecule has 1 aromatic heterocycles. The molecule has 3 rings (SSSR count). The number of fused-ring (bicyclic) bond motifs is 1. The summed E-state index contributed by atoms with van der Waals surface area (Å²) in [6, 6.07) is 11.2. The quantitative estimate of drug-likeness (QED) is 0.737. The van der Waals surface area contributed by atoms with Crippen LogP contribution >= 0.6 is 27.3 Å². The monoisotopic (exact) mass is 380 g/mol. The topological polar surface area (TPSA) is 51.2 Å². The molecule has 0 unspecified atom stereocenters. The molecule has 1 amide bonds. The predicted octanol–water partition coefficient (Wildman–Crippen LogP) is 4.22. The highest BCUT2D eigenvalue weighted by Crippen LogP contribution is 2.30. The first-order chi connectivity index (χ1) is 10.6. The Hall–Kier alpha value is -1.99. The second-order valence-corrected chi connectivity index (χ2v) is 6.28. The molecule has 0 aliphatic carbocycles. The molecule has 22 heavy (non-hydrogen) atoms. The molecule has 1 heterocycles. The molecular formula is C15H10BrFN2O2S. The Morgan fingerprint density at radius 2 is 2.05 bits per heavy atom. The molecule has 3 aromatic rings. The van der Waals surface area contributed by atoms with Crippen molar-refractivity contribution < 1.29 is 13.9 Å². The minimum Gasteiger partial charge on any atom is -0.484 e. The Morgan fingerprint density at radius 3 is 2.77 bits per heavy atom. The molecule has 0 atom stereocenters. The number of thiazole rings is 1. The smallest absolute Gasteiger partial charge is 0.264 e. The van der Waals surface area contributed by atoms with E-state index in [1.807, 2.05) is 18.2 Å². The van der Waals surface area contributed by atoms with Crippen molar-refractivity contribution in [3.63, 3.8) is 0 Å². The zero-order valence-corrected chi connectivity index (χ0v) is 13.6. The molecule has 0 aliphatic heterocycles. The van der Waals surface area contributed by atoms with Crippen LogP contribution in [0.25, 0.3) is 10.2 Å². The van der Waals surface area contributed by atoms with E-state index in [-0.39, 0.29) is 18.3 Å². The number of hydrogen-bond acceptors (Lipinski definition) is 4. The highest BCUT2D eigenvalue weighted by atomic mass is 79.9. The third-order valence-corrected chi connectivity index (χ3v) is 4.38. The van der Waals surface area contributed by atoms with Gasteiger partial charge >= 0.3 is 0 Å². The van der Waals surface area contributed by atoms with Crippen molar-refractivity contribution in [2.24, 2.45) is 0 Å². The maximum atomic E-state index is 12.8. The van der Waals surface area contributed by atoms with Gasteiger partial charge in [0.1, 0.15) is 11.6 Å². The van der Waals surface area contributed by atoms with Gasteiger partial charge < -0.3 is 4.74 Å². The van der Waals surface area contributed by atoms with Crippen LogP contribution in [0.5, 0.6) is 5.75 Å². The van der Waals surface area contributed by atoms with E-state index in [4.69, 9.17) is 4.74 Å². The van der Waals surface area contributed by atoms with Crippen LogP contribution in [-0.4, -0.2) is 17.5 Å². The average Bonchev–Trinajstić information content (AvgIpc) is 2.90. The summed E-state index contributed by atoms with van der Waals surface area (Å²) in [6.45, 7) is -0.164. The Labute approximate surface area is 138 Å². The summed E-state index contributed by atoms with van der Waals surface area (Å²) in [5.41, 5.74) is 0.808. The van der Waals surface area contributed by atoms with E-state index in [0.717, 1.165) is 14.7 Å². The molecular weight excluding hydrogens is 371 g/mol. The molecule has 7 heteroatoms. The summed E-state index contributed by atoms with van der Waals surface area (Å²) in [5, 5.41) is 3.20. The lowest BCUT2D eigenvalue weighted by Gasteiger charge is -2.05. The lowest BCUT2D eigenvalue weighted by molar-refractivity contribution is -0.118. The number of anilines is 1. The van der Waals surface area contributed by atoms with Crippen molar-refractivity contribution in [2.75, 3.05) is 11.9 Å². The largest absolute Gasteiger partial charge is 0.484 e. The third kappa shape index (κ3) is 3.42. The molecule has 1 N–H and O–H groups in total. The van der Waals surface area contributed by atoms with E-state index in [1.54, 1.807) is 0 Å². The number of amides is 1. The summed E-state index contributed by atoms with van der Waals surface area (Å²) in [6.07, 6.45) is 0. The van der Waals surface area contributed by atoms with Gasteiger partial charge in [-0.25, -0.2) is 9.37 Å². The van der Waals surface area contributed by atoms with Crippen LogP contribution in [0, 0.1) is 5.82 Å². The highest BCUT2D eigenvalue weighted by Gasteiger charge is 2.10. The fourth-order valence-electron chi connectivity index (χ4n) is 1.80. The van der Waals surface area contributed by atoms with E-state index in [9.17, 15) is 9.18 Å². The van der Waals surface area contributed by atoms with E-state index in [0.29, 0.717) is 10.9 Å². The van der Waals surface area contributed by atoms with E-state index < -0.39 is 0 Å². The molecule has 4 nitrogen and oxygen atoms in total. The molecule has 0 radical (unpaired) electrons. The van der Waals surface area contributed by atoms with Crippen molar-refractivity contribution in [3.8, 4) is 5.75 Å². The Kier molecular flexibility index (Phi) is 4.35. The van der Waals surface area contributed by atoms with E-state index >= 15 is 0 Å². The molecule has 2 aromatic carbocycles. The van der Waals surface area contributed by atoms with Crippen molar-refractivity contribution in [1.29, 1.82) is 0 Å². The number of nitrogens with one attached hydrogen (secondary N) is 1. The Bertz CT molecular complexity index is 820. The van der Waals surface area contributed by atoms with Gasteiger partial charge in [-0.05, 0) is 52.3 Å². The van der Waals surface area contributed by atoms with Gasteiger partial charge in [0.25, 0.3) is 5.91 Å². The van der Waals surface area contributed by atoms with Crippen LogP contribution in [0.15, 0.2) is 46.9 Å². The zero-order chi connectivity index (χ0) is 15.5. The van der Waals surface area contributed by atoms with E-state index in [2.05, 4.69) is 26.2 Å². The van der Waals surface area contributed by atoms with Crippen molar-refractivity contribution >= 4 is 48.5 Å².